The number of nitrogens with one attached hydrogen (secondary N) is 2. The van der Waals surface area contributed by atoms with Gasteiger partial charge >= 0.3 is 6.09 Å². The third-order valence-corrected chi connectivity index (χ3v) is 5.45. The van der Waals surface area contributed by atoms with E-state index in [2.05, 4.69) is 10.3 Å². The Labute approximate surface area is 189 Å². The Morgan fingerprint density at radius 2 is 2.00 bits per heavy atom. The van der Waals surface area contributed by atoms with Crippen LogP contribution in [0.25, 0.3) is 10.9 Å². The van der Waals surface area contributed by atoms with E-state index in [9.17, 15) is 9.59 Å². The second kappa shape index (κ2) is 8.70. The molecule has 0 bridgehead atoms. The highest BCUT2D eigenvalue weighted by atomic mass is 35.5. The summed E-state index contributed by atoms with van der Waals surface area (Å²) in [5, 5.41) is 4.19. The van der Waals surface area contributed by atoms with Gasteiger partial charge in [-0.1, -0.05) is 17.7 Å². The molecule has 0 spiro atoms. The molecule has 0 aliphatic carbocycles. The van der Waals surface area contributed by atoms with E-state index >= 15 is 4.39 Å². The van der Waals surface area contributed by atoms with E-state index in [1.807, 2.05) is 13.8 Å². The standard InChI is InChI=1S/C23H23ClFN3O4/c1-12(2)32-20-11-18-14(10-16(20)24)9-15(22(29)27-18)13(3)26-17-5-4-6-19(21(17)25)28-7-8-31-23(28)30/h4-6,9-13,26H,7-8H2,1-3H3,(H,27,29)/t13-/m0/s1. The van der Waals surface area contributed by atoms with Gasteiger partial charge in [-0.2, -0.15) is 0 Å². The van der Waals surface area contributed by atoms with Gasteiger partial charge in [0.05, 0.1) is 40.6 Å². The summed E-state index contributed by atoms with van der Waals surface area (Å²) in [6.45, 7) is 6.03. The number of hydrogen-bond acceptors (Lipinski definition) is 5. The molecule has 168 valence electrons. The number of pyridine rings is 1. The van der Waals surface area contributed by atoms with Crippen LogP contribution >= 0.6 is 11.6 Å². The number of fused-ring (bicyclic) bond motifs is 1. The molecule has 9 heteroatoms. The number of hydrogen-bond donors (Lipinski definition) is 2. The molecule has 2 aromatic carbocycles. The second-order valence-corrected chi connectivity index (χ2v) is 8.27. The molecule has 1 aliphatic heterocycles. The number of aromatic nitrogens is 1. The van der Waals surface area contributed by atoms with E-state index in [0.29, 0.717) is 21.9 Å². The van der Waals surface area contributed by atoms with Gasteiger partial charge in [0.25, 0.3) is 5.56 Å². The zero-order chi connectivity index (χ0) is 23.0. The number of aromatic amines is 1. The van der Waals surface area contributed by atoms with Crippen molar-refractivity contribution in [3.63, 3.8) is 0 Å². The van der Waals surface area contributed by atoms with Crippen LogP contribution in [0.1, 0.15) is 32.4 Å². The highest BCUT2D eigenvalue weighted by Gasteiger charge is 2.27. The van der Waals surface area contributed by atoms with Crippen LogP contribution in [-0.2, 0) is 4.74 Å². The summed E-state index contributed by atoms with van der Waals surface area (Å²) in [6, 6.07) is 9.32. The minimum absolute atomic E-state index is 0.0618. The zero-order valence-electron chi connectivity index (χ0n) is 17.9. The van der Waals surface area contributed by atoms with Gasteiger partial charge in [-0.25, -0.2) is 9.18 Å². The largest absolute Gasteiger partial charge is 0.489 e. The summed E-state index contributed by atoms with van der Waals surface area (Å²) >= 11 is 6.34. The SMILES string of the molecule is CC(C)Oc1cc2[nH]c(=O)c([C@H](C)Nc3cccc(N4CCOC4=O)c3F)cc2cc1Cl. The quantitative estimate of drug-likeness (QED) is 0.526. The minimum atomic E-state index is -0.589. The Balaban J connectivity index is 1.64. The topological polar surface area (TPSA) is 83.7 Å². The molecular formula is C23H23ClFN3O4. The second-order valence-electron chi connectivity index (χ2n) is 7.86. The molecule has 2 heterocycles. The molecule has 2 N–H and O–H groups in total. The predicted molar refractivity (Wildman–Crippen MR) is 122 cm³/mol. The number of nitrogens with zero attached hydrogens (tertiary/aromatic N) is 1. The lowest BCUT2D eigenvalue weighted by Gasteiger charge is -2.20. The predicted octanol–water partition coefficient (Wildman–Crippen LogP) is 5.24. The third kappa shape index (κ3) is 4.23. The number of halogens is 2. The molecule has 4 rings (SSSR count). The molecule has 32 heavy (non-hydrogen) atoms. The maximum Gasteiger partial charge on any atom is 0.414 e. The van der Waals surface area contributed by atoms with Crippen LogP contribution < -0.4 is 20.5 Å². The van der Waals surface area contributed by atoms with E-state index in [1.54, 1.807) is 37.3 Å². The first-order valence-electron chi connectivity index (χ1n) is 10.3. The van der Waals surface area contributed by atoms with Crippen molar-refractivity contribution in [1.29, 1.82) is 0 Å². The first-order chi connectivity index (χ1) is 15.2. The highest BCUT2D eigenvalue weighted by molar-refractivity contribution is 6.32. The molecular weight excluding hydrogens is 437 g/mol. The minimum Gasteiger partial charge on any atom is -0.489 e. The van der Waals surface area contributed by atoms with Crippen molar-refractivity contribution < 1.29 is 18.7 Å². The Hall–Kier alpha value is -3.26. The maximum atomic E-state index is 15.1. The number of amides is 1. The molecule has 0 radical (unpaired) electrons. The third-order valence-electron chi connectivity index (χ3n) is 5.16. The van der Waals surface area contributed by atoms with E-state index in [1.165, 1.54) is 11.0 Å². The molecule has 7 nitrogen and oxygen atoms in total. The van der Waals surface area contributed by atoms with Crippen molar-refractivity contribution >= 4 is 40.0 Å². The molecule has 1 aliphatic rings. The first-order valence-corrected chi connectivity index (χ1v) is 10.6. The van der Waals surface area contributed by atoms with E-state index in [0.717, 1.165) is 5.39 Å². The lowest BCUT2D eigenvalue weighted by atomic mass is 10.1. The fraction of sp³-hybridized carbons (Fsp3) is 0.304. The maximum absolute atomic E-state index is 15.1. The van der Waals surface area contributed by atoms with Crippen LogP contribution in [0, 0.1) is 5.82 Å². The molecule has 3 aromatic rings. The smallest absolute Gasteiger partial charge is 0.414 e. The van der Waals surface area contributed by atoms with Gasteiger partial charge in [-0.15, -0.1) is 0 Å². The molecule has 1 fully saturated rings. The van der Waals surface area contributed by atoms with Crippen LogP contribution in [0.5, 0.6) is 5.75 Å². The number of ether oxygens (including phenoxy) is 2. The fourth-order valence-corrected chi connectivity index (χ4v) is 3.87. The van der Waals surface area contributed by atoms with Crippen molar-refractivity contribution in [2.45, 2.75) is 32.9 Å². The Kier molecular flexibility index (Phi) is 5.97. The zero-order valence-corrected chi connectivity index (χ0v) is 18.6. The molecule has 1 saturated heterocycles. The van der Waals surface area contributed by atoms with Gasteiger partial charge in [0.1, 0.15) is 12.4 Å². The summed E-state index contributed by atoms with van der Waals surface area (Å²) in [6.07, 6.45) is -0.647. The fourth-order valence-electron chi connectivity index (χ4n) is 3.65. The van der Waals surface area contributed by atoms with Gasteiger partial charge < -0.3 is 19.8 Å². The van der Waals surface area contributed by atoms with Crippen LogP contribution in [0.4, 0.5) is 20.6 Å². The summed E-state index contributed by atoms with van der Waals surface area (Å²) in [7, 11) is 0. The number of H-pyrrole nitrogens is 1. The molecule has 1 atom stereocenters. The van der Waals surface area contributed by atoms with Crippen molar-refractivity contribution in [1.82, 2.24) is 4.98 Å². The van der Waals surface area contributed by atoms with Gasteiger partial charge in [-0.05, 0) is 45.0 Å². The number of anilines is 2. The van der Waals surface area contributed by atoms with E-state index in [4.69, 9.17) is 21.1 Å². The van der Waals surface area contributed by atoms with Crippen molar-refractivity contribution in [2.75, 3.05) is 23.4 Å². The monoisotopic (exact) mass is 459 g/mol. The van der Waals surface area contributed by atoms with Gasteiger partial charge in [0, 0.05) is 17.0 Å². The number of rotatable bonds is 6. The lowest BCUT2D eigenvalue weighted by Crippen LogP contribution is -2.25. The van der Waals surface area contributed by atoms with Crippen molar-refractivity contribution in [3.05, 3.63) is 63.2 Å². The van der Waals surface area contributed by atoms with Gasteiger partial charge in [0.2, 0.25) is 0 Å². The number of carbonyl (C=O) groups is 1. The summed E-state index contributed by atoms with van der Waals surface area (Å²) < 4.78 is 25.7. The van der Waals surface area contributed by atoms with Crippen LogP contribution in [-0.4, -0.2) is 30.3 Å². The van der Waals surface area contributed by atoms with Crippen molar-refractivity contribution in [2.24, 2.45) is 0 Å². The molecule has 0 saturated carbocycles. The van der Waals surface area contributed by atoms with E-state index in [-0.39, 0.29) is 36.2 Å². The molecule has 1 aromatic heterocycles. The number of benzene rings is 2. The average Bonchev–Trinajstić information content (AvgIpc) is 3.15. The summed E-state index contributed by atoms with van der Waals surface area (Å²) in [4.78, 5) is 28.7. The molecule has 1 amide bonds. The Morgan fingerprint density at radius 1 is 1.22 bits per heavy atom. The normalized spacial score (nSPS) is 14.7. The van der Waals surface area contributed by atoms with Crippen LogP contribution in [0.2, 0.25) is 5.02 Å². The Bertz CT molecular complexity index is 1240. The lowest BCUT2D eigenvalue weighted by molar-refractivity contribution is 0.181. The van der Waals surface area contributed by atoms with Crippen molar-refractivity contribution in [3.8, 4) is 5.75 Å². The highest BCUT2D eigenvalue weighted by Crippen LogP contribution is 2.32. The summed E-state index contributed by atoms with van der Waals surface area (Å²) in [5.41, 5.74) is 0.993. The molecule has 0 unspecified atom stereocenters. The van der Waals surface area contributed by atoms with Gasteiger partial charge in [-0.3, -0.25) is 9.69 Å². The van der Waals surface area contributed by atoms with E-state index < -0.39 is 18.0 Å². The van der Waals surface area contributed by atoms with Crippen LogP contribution in [0.15, 0.2) is 41.2 Å². The number of carbonyl (C=O) groups excluding carboxylic acids is 1. The Morgan fingerprint density at radius 3 is 2.69 bits per heavy atom. The van der Waals surface area contributed by atoms with Gasteiger partial charge in [0.15, 0.2) is 5.82 Å². The average molecular weight is 460 g/mol. The van der Waals surface area contributed by atoms with Crippen LogP contribution in [0.3, 0.4) is 0 Å². The number of cyclic esters (lactones) is 1. The summed E-state index contributed by atoms with van der Waals surface area (Å²) in [5.74, 6) is -0.1000. The first kappa shape index (κ1) is 22.0.